The monoisotopic (exact) mass is 670 g/mol. The summed E-state index contributed by atoms with van der Waals surface area (Å²) >= 11 is 2.03. The van der Waals surface area contributed by atoms with E-state index in [-0.39, 0.29) is 31.4 Å². The van der Waals surface area contributed by atoms with Crippen LogP contribution in [-0.2, 0) is 9.59 Å². The number of nitrogens with zero attached hydrogens (tertiary/aromatic N) is 1. The minimum Gasteiger partial charge on any atom is -0.493 e. The summed E-state index contributed by atoms with van der Waals surface area (Å²) in [5, 5.41) is 23.5. The third kappa shape index (κ3) is 9.88. The molecule has 0 bridgehead atoms. The van der Waals surface area contributed by atoms with E-state index >= 15 is 0 Å². The molecule has 3 atom stereocenters. The van der Waals surface area contributed by atoms with Gasteiger partial charge in [0.1, 0.15) is 18.5 Å². The summed E-state index contributed by atoms with van der Waals surface area (Å²) in [5.41, 5.74) is 0.779. The van der Waals surface area contributed by atoms with E-state index in [0.29, 0.717) is 51.9 Å². The normalized spacial score (nSPS) is 18.4. The molecule has 0 aliphatic heterocycles. The van der Waals surface area contributed by atoms with Crippen molar-refractivity contribution in [1.82, 2.24) is 10.2 Å². The number of nitrogens with one attached hydrogen (secondary N) is 1. The zero-order valence-electron chi connectivity index (χ0n) is 23.6. The second kappa shape index (κ2) is 18.1. The number of allylic oxidation sites excluding steroid dienone is 1. The molecule has 0 saturated heterocycles. The van der Waals surface area contributed by atoms with Gasteiger partial charge in [-0.1, -0.05) is 32.3 Å². The Balaban J connectivity index is 2.44. The molecule has 0 unspecified atom stereocenters. The minimum absolute atomic E-state index is 0.0668. The molecule has 2 rings (SSSR count). The fourth-order valence-corrected chi connectivity index (χ4v) is 5.48. The van der Waals surface area contributed by atoms with Gasteiger partial charge in [-0.3, -0.25) is 14.4 Å². The number of carbonyl (C=O) groups is 3. The van der Waals surface area contributed by atoms with Crippen LogP contribution in [0.1, 0.15) is 75.1 Å². The van der Waals surface area contributed by atoms with Crippen molar-refractivity contribution in [1.29, 1.82) is 0 Å². The van der Waals surface area contributed by atoms with Gasteiger partial charge in [0.15, 0.2) is 11.5 Å². The average Bonchev–Trinajstić information content (AvgIpc) is 2.95. The molecule has 0 aromatic heterocycles. The molecule has 0 saturated carbocycles. The van der Waals surface area contributed by atoms with Crippen LogP contribution in [-0.4, -0.2) is 78.3 Å². The minimum atomic E-state index is -1.12. The fourth-order valence-electron chi connectivity index (χ4n) is 4.73. The van der Waals surface area contributed by atoms with Crippen LogP contribution in [0.4, 0.5) is 0 Å². The van der Waals surface area contributed by atoms with Crippen LogP contribution in [0.5, 0.6) is 11.5 Å². The molecule has 3 N–H and O–H groups in total. The van der Waals surface area contributed by atoms with Gasteiger partial charge in [0.05, 0.1) is 23.3 Å². The van der Waals surface area contributed by atoms with E-state index in [9.17, 15) is 24.6 Å². The molecule has 0 fully saturated rings. The summed E-state index contributed by atoms with van der Waals surface area (Å²) in [5.74, 6) is 0.192. The molecule has 0 spiro atoms. The molecular weight excluding hydrogens is 627 g/mol. The number of ether oxygens (including phenoxy) is 2. The van der Waals surface area contributed by atoms with Crippen LogP contribution in [0.15, 0.2) is 36.4 Å². The Morgan fingerprint density at radius 1 is 1.23 bits per heavy atom. The van der Waals surface area contributed by atoms with Gasteiger partial charge in [-0.15, -0.1) is 6.58 Å². The lowest BCUT2D eigenvalue weighted by Gasteiger charge is -2.41. The van der Waals surface area contributed by atoms with Gasteiger partial charge in [0.2, 0.25) is 11.8 Å². The van der Waals surface area contributed by atoms with E-state index in [0.717, 1.165) is 38.5 Å². The Bertz CT molecular complexity index is 1030. The number of methoxy groups -OCH3 is 1. The lowest BCUT2D eigenvalue weighted by molar-refractivity contribution is -0.138. The van der Waals surface area contributed by atoms with Gasteiger partial charge in [-0.25, -0.2) is 0 Å². The molecule has 1 aromatic carbocycles. The van der Waals surface area contributed by atoms with E-state index in [1.165, 1.54) is 7.11 Å². The summed E-state index contributed by atoms with van der Waals surface area (Å²) in [6.45, 7) is 6.20. The molecule has 1 aromatic rings. The van der Waals surface area contributed by atoms with Crippen molar-refractivity contribution in [2.45, 2.75) is 83.0 Å². The first kappa shape index (κ1) is 33.8. The number of rotatable bonds is 18. The maximum absolute atomic E-state index is 13.5. The average molecular weight is 671 g/mol. The molecule has 40 heavy (non-hydrogen) atoms. The molecule has 9 nitrogen and oxygen atoms in total. The zero-order valence-corrected chi connectivity index (χ0v) is 25.7. The van der Waals surface area contributed by atoms with Crippen LogP contribution < -0.4 is 14.8 Å². The van der Waals surface area contributed by atoms with Crippen molar-refractivity contribution in [2.75, 3.05) is 26.8 Å². The van der Waals surface area contributed by atoms with Crippen LogP contribution in [0.2, 0.25) is 0 Å². The quantitative estimate of drug-likeness (QED) is 0.0927. The number of benzene rings is 1. The van der Waals surface area contributed by atoms with Gasteiger partial charge in [0.25, 0.3) is 0 Å². The number of carbonyl (C=O) groups excluding carboxylic acids is 3. The van der Waals surface area contributed by atoms with Gasteiger partial charge in [-0.05, 0) is 66.5 Å². The molecular formula is C30H43IN2O7. The maximum atomic E-state index is 13.5. The fraction of sp³-hybridized carbons (Fsp3) is 0.567. The topological polar surface area (TPSA) is 125 Å². The number of aliphatic hydroxyl groups is 2. The van der Waals surface area contributed by atoms with E-state index < -0.39 is 18.2 Å². The van der Waals surface area contributed by atoms with E-state index in [2.05, 4.69) is 18.8 Å². The predicted molar refractivity (Wildman–Crippen MR) is 163 cm³/mol. The Kier molecular flexibility index (Phi) is 15.3. The zero-order chi connectivity index (χ0) is 29.5. The number of aldehydes is 1. The van der Waals surface area contributed by atoms with Crippen molar-refractivity contribution in [3.8, 4) is 11.5 Å². The molecule has 0 radical (unpaired) electrons. The number of amides is 2. The SMILES string of the molecule is C=CCCCCC(=O)N(CCCCCC)[C@@H]1CC(C(=O)NCCO)=C[C@H](Oc2c(I)cc(C=O)cc2OC)[C@H]1O. The number of aliphatic hydroxyl groups excluding tert-OH is 2. The lowest BCUT2D eigenvalue weighted by Crippen LogP contribution is -2.55. The summed E-state index contributed by atoms with van der Waals surface area (Å²) in [4.78, 5) is 39.6. The first-order chi connectivity index (χ1) is 19.3. The van der Waals surface area contributed by atoms with E-state index in [4.69, 9.17) is 9.47 Å². The number of unbranched alkanes of at least 4 members (excludes halogenated alkanes) is 5. The van der Waals surface area contributed by atoms with Crippen molar-refractivity contribution in [2.24, 2.45) is 0 Å². The summed E-state index contributed by atoms with van der Waals surface area (Å²) < 4.78 is 12.3. The summed E-state index contributed by atoms with van der Waals surface area (Å²) in [7, 11) is 1.46. The molecule has 0 heterocycles. The second-order valence-corrected chi connectivity index (χ2v) is 11.0. The standard InChI is InChI=1S/C30H43IN2O7/c1-4-6-8-10-12-27(36)33(14-11-9-7-5-2)24-18-22(30(38)32-13-15-34)19-25(28(24)37)40-29-23(31)16-21(20-35)17-26(29)39-3/h4,16-17,19-20,24-25,28,34,37H,1,5-15,18H2,2-3H3,(H,32,38)/t24-,25+,28+/m1/s1. The van der Waals surface area contributed by atoms with Crippen LogP contribution >= 0.6 is 22.6 Å². The van der Waals surface area contributed by atoms with Crippen molar-refractivity contribution in [3.63, 3.8) is 0 Å². The number of halogens is 1. The lowest BCUT2D eigenvalue weighted by atomic mass is 9.87. The molecule has 10 heteroatoms. The predicted octanol–water partition coefficient (Wildman–Crippen LogP) is 4.18. The first-order valence-electron chi connectivity index (χ1n) is 14.0. The Labute approximate surface area is 251 Å². The van der Waals surface area contributed by atoms with Crippen molar-refractivity contribution < 1.29 is 34.1 Å². The summed E-state index contributed by atoms with van der Waals surface area (Å²) in [6, 6.07) is 2.50. The highest BCUT2D eigenvalue weighted by Gasteiger charge is 2.40. The summed E-state index contributed by atoms with van der Waals surface area (Å²) in [6.07, 6.45) is 8.74. The van der Waals surface area contributed by atoms with Crippen LogP contribution in [0.25, 0.3) is 0 Å². The number of hydrogen-bond donors (Lipinski definition) is 3. The molecule has 222 valence electrons. The Morgan fingerprint density at radius 3 is 2.65 bits per heavy atom. The Hall–Kier alpha value is -2.44. The third-order valence-corrected chi connectivity index (χ3v) is 7.68. The first-order valence-corrected chi connectivity index (χ1v) is 15.1. The second-order valence-electron chi connectivity index (χ2n) is 9.85. The van der Waals surface area contributed by atoms with Crippen molar-refractivity contribution in [3.05, 3.63) is 45.6 Å². The molecule has 1 aliphatic rings. The van der Waals surface area contributed by atoms with Crippen LogP contribution in [0, 0.1) is 3.57 Å². The molecule has 1 aliphatic carbocycles. The highest BCUT2D eigenvalue weighted by atomic mass is 127. The van der Waals surface area contributed by atoms with Crippen LogP contribution in [0.3, 0.4) is 0 Å². The van der Waals surface area contributed by atoms with E-state index in [1.54, 1.807) is 23.1 Å². The number of hydrogen-bond acceptors (Lipinski definition) is 7. The maximum Gasteiger partial charge on any atom is 0.247 e. The molecule has 2 amide bonds. The highest BCUT2D eigenvalue weighted by Crippen LogP contribution is 2.37. The van der Waals surface area contributed by atoms with Crippen molar-refractivity contribution >= 4 is 40.7 Å². The van der Waals surface area contributed by atoms with E-state index in [1.807, 2.05) is 28.7 Å². The van der Waals surface area contributed by atoms with Gasteiger partial charge >= 0.3 is 0 Å². The smallest absolute Gasteiger partial charge is 0.247 e. The van der Waals surface area contributed by atoms with Gasteiger partial charge < -0.3 is 29.9 Å². The Morgan fingerprint density at radius 2 is 2.00 bits per heavy atom. The third-order valence-electron chi connectivity index (χ3n) is 6.88. The highest BCUT2D eigenvalue weighted by molar-refractivity contribution is 14.1. The van der Waals surface area contributed by atoms with Gasteiger partial charge in [0, 0.05) is 37.1 Å². The van der Waals surface area contributed by atoms with Gasteiger partial charge in [-0.2, -0.15) is 0 Å². The largest absolute Gasteiger partial charge is 0.493 e.